The van der Waals surface area contributed by atoms with Gasteiger partial charge in [-0.2, -0.15) is 0 Å². The van der Waals surface area contributed by atoms with Gasteiger partial charge in [-0.15, -0.1) is 0 Å². The molecule has 256 valence electrons. The zero-order chi connectivity index (χ0) is 35.2. The van der Waals surface area contributed by atoms with E-state index in [1.54, 1.807) is 31.4 Å². The van der Waals surface area contributed by atoms with E-state index in [-0.39, 0.29) is 47.8 Å². The first-order chi connectivity index (χ1) is 24.2. The van der Waals surface area contributed by atoms with Gasteiger partial charge in [0.1, 0.15) is 5.75 Å². The molecule has 50 heavy (non-hydrogen) atoms. The third-order valence-electron chi connectivity index (χ3n) is 9.91. The van der Waals surface area contributed by atoms with Crippen LogP contribution in [0.15, 0.2) is 103 Å². The summed E-state index contributed by atoms with van der Waals surface area (Å²) >= 11 is 0. The van der Waals surface area contributed by atoms with E-state index in [1.807, 2.05) is 71.6 Å². The number of fused-ring (bicyclic) bond motifs is 1. The van der Waals surface area contributed by atoms with E-state index >= 15 is 0 Å². The van der Waals surface area contributed by atoms with Crippen LogP contribution in [0.2, 0.25) is 0 Å². The van der Waals surface area contributed by atoms with E-state index in [0.717, 1.165) is 29.7 Å². The number of benzene rings is 4. The zero-order valence-corrected chi connectivity index (χ0v) is 28.7. The number of carbonyl (C=O) groups excluding carboxylic acids is 3. The van der Waals surface area contributed by atoms with Gasteiger partial charge in [0, 0.05) is 78.0 Å². The predicted molar refractivity (Wildman–Crippen MR) is 195 cm³/mol. The van der Waals surface area contributed by atoms with Crippen molar-refractivity contribution in [3.05, 3.63) is 131 Å². The summed E-state index contributed by atoms with van der Waals surface area (Å²) in [6, 6.07) is 31.9. The third kappa shape index (κ3) is 7.73. The summed E-state index contributed by atoms with van der Waals surface area (Å²) in [6.45, 7) is 1.83. The maximum Gasteiger partial charge on any atom is 0.321 e. The number of amides is 3. The lowest BCUT2D eigenvalue weighted by Crippen LogP contribution is -2.69. The lowest BCUT2D eigenvalue weighted by molar-refractivity contribution is -0.0523. The summed E-state index contributed by atoms with van der Waals surface area (Å²) in [4.78, 5) is 46.5. The first-order valence-electron chi connectivity index (χ1n) is 16.9. The second-order valence-electron chi connectivity index (χ2n) is 13.1. The molecular weight excluding hydrogens is 626 g/mol. The third-order valence-corrected chi connectivity index (χ3v) is 9.91. The summed E-state index contributed by atoms with van der Waals surface area (Å²) in [5.41, 5.74) is 9.83. The normalized spacial score (nSPS) is 20.3. The Balaban J connectivity index is 1.32. The summed E-state index contributed by atoms with van der Waals surface area (Å²) in [5, 5.41) is 3.07. The molecule has 3 N–H and O–H groups in total. The SMILES string of the molecule is COc1ccc(NC(=O)N2CCC(N(C)C)CN3[C@H](CC(=O)c4ccccc4C(N)=O)[C@H](c4ccc(C#Cc5ccccc5)cc4)[C@@H]3C2)cc1. The van der Waals surface area contributed by atoms with Crippen molar-refractivity contribution in [2.45, 2.75) is 36.9 Å². The Morgan fingerprint density at radius 3 is 2.12 bits per heavy atom. The molecule has 0 saturated carbocycles. The van der Waals surface area contributed by atoms with Crippen LogP contribution >= 0.6 is 0 Å². The molecule has 0 bridgehead atoms. The van der Waals surface area contributed by atoms with E-state index in [0.29, 0.717) is 30.1 Å². The second kappa shape index (κ2) is 15.4. The van der Waals surface area contributed by atoms with E-state index in [4.69, 9.17) is 10.5 Å². The van der Waals surface area contributed by atoms with Crippen molar-refractivity contribution in [3.63, 3.8) is 0 Å². The van der Waals surface area contributed by atoms with Gasteiger partial charge in [-0.25, -0.2) is 4.79 Å². The van der Waals surface area contributed by atoms with Crippen LogP contribution in [0.4, 0.5) is 10.5 Å². The van der Waals surface area contributed by atoms with Crippen LogP contribution in [-0.2, 0) is 0 Å². The minimum Gasteiger partial charge on any atom is -0.497 e. The lowest BCUT2D eigenvalue weighted by atomic mass is 9.71. The molecule has 2 saturated heterocycles. The smallest absolute Gasteiger partial charge is 0.321 e. The van der Waals surface area contributed by atoms with E-state index < -0.39 is 5.91 Å². The van der Waals surface area contributed by atoms with Crippen LogP contribution in [0.3, 0.4) is 0 Å². The van der Waals surface area contributed by atoms with Gasteiger partial charge < -0.3 is 25.6 Å². The molecule has 3 amide bonds. The number of likely N-dealkylation sites (N-methyl/N-ethyl adjacent to an activating group) is 1. The Labute approximate surface area is 294 Å². The summed E-state index contributed by atoms with van der Waals surface area (Å²) in [7, 11) is 5.72. The van der Waals surface area contributed by atoms with Gasteiger partial charge in [0.2, 0.25) is 5.91 Å². The number of Topliss-reactive ketones (excluding diaryl/α,β-unsaturated/α-hetero) is 1. The molecule has 4 aromatic rings. The van der Waals surface area contributed by atoms with Crippen LogP contribution in [0.25, 0.3) is 0 Å². The molecule has 6 rings (SSSR count). The van der Waals surface area contributed by atoms with Crippen LogP contribution < -0.4 is 15.8 Å². The van der Waals surface area contributed by atoms with Crippen LogP contribution in [0, 0.1) is 11.8 Å². The average molecular weight is 670 g/mol. The number of ketones is 1. The maximum absolute atomic E-state index is 13.9. The van der Waals surface area contributed by atoms with Gasteiger partial charge in [0.05, 0.1) is 7.11 Å². The largest absolute Gasteiger partial charge is 0.497 e. The Kier molecular flexibility index (Phi) is 10.6. The molecule has 4 atom stereocenters. The number of rotatable bonds is 8. The van der Waals surface area contributed by atoms with Crippen molar-refractivity contribution in [1.29, 1.82) is 0 Å². The fourth-order valence-electron chi connectivity index (χ4n) is 7.13. The molecule has 4 aromatic carbocycles. The predicted octanol–water partition coefficient (Wildman–Crippen LogP) is 5.47. The number of nitrogens with one attached hydrogen (secondary N) is 1. The Morgan fingerprint density at radius 2 is 1.48 bits per heavy atom. The first kappa shape index (κ1) is 34.4. The number of urea groups is 1. The van der Waals surface area contributed by atoms with E-state index in [1.165, 1.54) is 0 Å². The molecule has 1 unspecified atom stereocenters. The summed E-state index contributed by atoms with van der Waals surface area (Å²) in [6.07, 6.45) is 0.982. The molecule has 2 aliphatic heterocycles. The monoisotopic (exact) mass is 669 g/mol. The summed E-state index contributed by atoms with van der Waals surface area (Å²) < 4.78 is 5.28. The average Bonchev–Trinajstić information content (AvgIpc) is 3.12. The molecule has 0 radical (unpaired) electrons. The fourth-order valence-corrected chi connectivity index (χ4v) is 7.13. The molecule has 9 heteroatoms. The Bertz CT molecular complexity index is 1880. The quantitative estimate of drug-likeness (QED) is 0.190. The van der Waals surface area contributed by atoms with Crippen molar-refractivity contribution < 1.29 is 19.1 Å². The number of hydrogen-bond donors (Lipinski definition) is 2. The van der Waals surface area contributed by atoms with Crippen LogP contribution in [-0.4, -0.2) is 91.4 Å². The second-order valence-corrected chi connectivity index (χ2v) is 13.1. The van der Waals surface area contributed by atoms with Crippen molar-refractivity contribution >= 4 is 23.4 Å². The molecule has 2 aliphatic rings. The van der Waals surface area contributed by atoms with Gasteiger partial charge in [-0.3, -0.25) is 14.5 Å². The van der Waals surface area contributed by atoms with Crippen molar-refractivity contribution in [2.75, 3.05) is 46.2 Å². The number of hydrogen-bond acceptors (Lipinski definition) is 6. The molecule has 2 fully saturated rings. The minimum absolute atomic E-state index is 0.0372. The number of carbonyl (C=O) groups is 3. The number of methoxy groups -OCH3 is 1. The number of anilines is 1. The molecule has 9 nitrogen and oxygen atoms in total. The molecule has 0 spiro atoms. The topological polar surface area (TPSA) is 108 Å². The van der Waals surface area contributed by atoms with Gasteiger partial charge in [-0.1, -0.05) is 60.4 Å². The van der Waals surface area contributed by atoms with Crippen molar-refractivity contribution in [1.82, 2.24) is 14.7 Å². The number of nitrogens with zero attached hydrogens (tertiary/aromatic N) is 3. The Hall–Kier alpha value is -5.43. The van der Waals surface area contributed by atoms with Crippen LogP contribution in [0.5, 0.6) is 5.75 Å². The summed E-state index contributed by atoms with van der Waals surface area (Å²) in [5.74, 6) is 6.39. The lowest BCUT2D eigenvalue weighted by Gasteiger charge is -2.59. The highest BCUT2D eigenvalue weighted by Gasteiger charge is 2.51. The molecule has 0 aliphatic carbocycles. The fraction of sp³-hybridized carbons (Fsp3) is 0.293. The standard InChI is InChI=1S/C41H43N5O4/c1-44(2)32-23-24-45(41(49)43-31-19-21-33(50-3)22-20-31)27-37-39(30-17-15-29(16-18-30)14-13-28-9-5-4-6-10-28)36(46(37)26-32)25-38(47)34-11-7-8-12-35(34)40(42)48/h4-12,15-22,32,36-37,39H,23-27H2,1-3H3,(H2,42,48)(H,43,49)/t32?,36-,37+,39+/m1/s1. The number of nitrogens with two attached hydrogens (primary N) is 1. The highest BCUT2D eigenvalue weighted by molar-refractivity contribution is 6.07. The van der Waals surface area contributed by atoms with Gasteiger partial charge in [0.15, 0.2) is 5.78 Å². The number of primary amides is 1. The highest BCUT2D eigenvalue weighted by Crippen LogP contribution is 2.44. The van der Waals surface area contributed by atoms with E-state index in [2.05, 4.69) is 53.2 Å². The molecule has 2 heterocycles. The molecule has 0 aromatic heterocycles. The first-order valence-corrected chi connectivity index (χ1v) is 16.9. The Morgan fingerprint density at radius 1 is 0.840 bits per heavy atom. The number of ether oxygens (including phenoxy) is 1. The van der Waals surface area contributed by atoms with Crippen LogP contribution in [0.1, 0.15) is 56.2 Å². The highest BCUT2D eigenvalue weighted by atomic mass is 16.5. The van der Waals surface area contributed by atoms with Gasteiger partial charge >= 0.3 is 6.03 Å². The van der Waals surface area contributed by atoms with Crippen molar-refractivity contribution in [2.24, 2.45) is 5.73 Å². The van der Waals surface area contributed by atoms with Gasteiger partial charge in [-0.05, 0) is 80.7 Å². The maximum atomic E-state index is 13.9. The zero-order valence-electron chi connectivity index (χ0n) is 28.7. The molecular formula is C41H43N5O4. The van der Waals surface area contributed by atoms with Crippen molar-refractivity contribution in [3.8, 4) is 17.6 Å². The van der Waals surface area contributed by atoms with Gasteiger partial charge in [0.25, 0.3) is 0 Å². The minimum atomic E-state index is -0.623. The van der Waals surface area contributed by atoms with E-state index in [9.17, 15) is 14.4 Å².